The first kappa shape index (κ1) is 14.3. The van der Waals surface area contributed by atoms with Gasteiger partial charge in [0.2, 0.25) is 0 Å². The summed E-state index contributed by atoms with van der Waals surface area (Å²) in [6.07, 6.45) is 5.17. The summed E-state index contributed by atoms with van der Waals surface area (Å²) < 4.78 is 0. The van der Waals surface area contributed by atoms with Crippen molar-refractivity contribution in [2.45, 2.75) is 19.4 Å². The van der Waals surface area contributed by atoms with Crippen LogP contribution in [-0.2, 0) is 13.0 Å². The van der Waals surface area contributed by atoms with Gasteiger partial charge in [0, 0.05) is 38.2 Å². The molecule has 0 unspecified atom stereocenters. The van der Waals surface area contributed by atoms with E-state index in [0.29, 0.717) is 6.54 Å². The lowest BCUT2D eigenvalue weighted by Crippen LogP contribution is -2.26. The molecule has 3 N–H and O–H groups in total. The van der Waals surface area contributed by atoms with Crippen molar-refractivity contribution in [3.63, 3.8) is 0 Å². The van der Waals surface area contributed by atoms with Crippen molar-refractivity contribution < 1.29 is 4.79 Å². The van der Waals surface area contributed by atoms with Gasteiger partial charge in [0.1, 0.15) is 0 Å². The zero-order valence-corrected chi connectivity index (χ0v) is 12.5. The normalized spacial score (nSPS) is 13.6. The molecule has 0 bridgehead atoms. The monoisotopic (exact) mass is 297 g/mol. The van der Waals surface area contributed by atoms with E-state index in [1.807, 2.05) is 6.07 Å². The van der Waals surface area contributed by atoms with Gasteiger partial charge in [-0.3, -0.25) is 4.79 Å². The Balaban J connectivity index is 1.69. The largest absolute Gasteiger partial charge is 0.382 e. The van der Waals surface area contributed by atoms with Crippen LogP contribution in [0, 0.1) is 0 Å². The van der Waals surface area contributed by atoms with Gasteiger partial charge in [0.05, 0.1) is 0 Å². The Bertz CT molecular complexity index is 701. The number of carbonyl (C=O) groups is 1. The molecule has 6 heteroatoms. The average molecular weight is 297 g/mol. The van der Waals surface area contributed by atoms with Gasteiger partial charge in [0.15, 0.2) is 11.5 Å². The van der Waals surface area contributed by atoms with Crippen LogP contribution < -0.4 is 16.0 Å². The average Bonchev–Trinajstić information content (AvgIpc) is 2.53. The Labute approximate surface area is 129 Å². The molecule has 2 heterocycles. The highest BCUT2D eigenvalue weighted by Gasteiger charge is 2.15. The van der Waals surface area contributed by atoms with E-state index in [-0.39, 0.29) is 17.4 Å². The lowest BCUT2D eigenvalue weighted by molar-refractivity contribution is 0.0946. The molecule has 1 aromatic heterocycles. The maximum absolute atomic E-state index is 12.1. The summed E-state index contributed by atoms with van der Waals surface area (Å²) in [5, 5.41) is 2.84. The molecule has 0 radical (unpaired) electrons. The molecule has 1 amide bonds. The van der Waals surface area contributed by atoms with Gasteiger partial charge in [-0.25, -0.2) is 9.97 Å². The molecule has 22 heavy (non-hydrogen) atoms. The molecule has 0 aliphatic carbocycles. The number of nitrogens with two attached hydrogens (primary N) is 1. The van der Waals surface area contributed by atoms with Crippen molar-refractivity contribution in [2.24, 2.45) is 0 Å². The van der Waals surface area contributed by atoms with E-state index in [1.165, 1.54) is 23.6 Å². The van der Waals surface area contributed by atoms with E-state index in [9.17, 15) is 4.79 Å². The third-order valence-electron chi connectivity index (χ3n) is 3.89. The first-order valence-electron chi connectivity index (χ1n) is 7.33. The zero-order valence-electron chi connectivity index (χ0n) is 12.5. The molecule has 1 aromatic carbocycles. The molecule has 0 fully saturated rings. The lowest BCUT2D eigenvalue weighted by Gasteiger charge is -2.27. The van der Waals surface area contributed by atoms with Gasteiger partial charge in [-0.05, 0) is 30.0 Å². The highest BCUT2D eigenvalue weighted by molar-refractivity contribution is 5.96. The Morgan fingerprint density at radius 1 is 1.36 bits per heavy atom. The van der Waals surface area contributed by atoms with E-state index in [2.05, 4.69) is 39.4 Å². The topological polar surface area (TPSA) is 84.1 Å². The van der Waals surface area contributed by atoms with Crippen LogP contribution in [0.2, 0.25) is 0 Å². The molecule has 6 nitrogen and oxygen atoms in total. The number of aromatic nitrogens is 2. The second-order valence-electron chi connectivity index (χ2n) is 5.46. The van der Waals surface area contributed by atoms with E-state index >= 15 is 0 Å². The Morgan fingerprint density at radius 2 is 2.18 bits per heavy atom. The number of rotatable bonds is 3. The van der Waals surface area contributed by atoms with Crippen LogP contribution in [0.4, 0.5) is 11.5 Å². The summed E-state index contributed by atoms with van der Waals surface area (Å²) in [6.45, 7) is 1.54. The first-order chi connectivity index (χ1) is 10.6. The molecule has 0 saturated heterocycles. The highest BCUT2D eigenvalue weighted by Crippen LogP contribution is 2.26. The molecule has 0 saturated carbocycles. The second kappa shape index (κ2) is 6.01. The number of aryl methyl sites for hydroxylation is 1. The summed E-state index contributed by atoms with van der Waals surface area (Å²) >= 11 is 0. The summed E-state index contributed by atoms with van der Waals surface area (Å²) in [4.78, 5) is 22.2. The molecule has 0 atom stereocenters. The van der Waals surface area contributed by atoms with E-state index < -0.39 is 0 Å². The third kappa shape index (κ3) is 2.86. The van der Waals surface area contributed by atoms with Gasteiger partial charge >= 0.3 is 0 Å². The molecule has 1 aliphatic heterocycles. The Kier molecular flexibility index (Phi) is 3.91. The number of nitrogens with zero attached hydrogens (tertiary/aromatic N) is 3. The lowest BCUT2D eigenvalue weighted by atomic mass is 9.99. The fourth-order valence-electron chi connectivity index (χ4n) is 2.74. The molecular weight excluding hydrogens is 278 g/mol. The van der Waals surface area contributed by atoms with Crippen molar-refractivity contribution in [2.75, 3.05) is 24.2 Å². The smallest absolute Gasteiger partial charge is 0.273 e. The van der Waals surface area contributed by atoms with E-state index in [4.69, 9.17) is 5.73 Å². The predicted octanol–water partition coefficient (Wildman–Crippen LogP) is 1.37. The molecule has 1 aliphatic rings. The van der Waals surface area contributed by atoms with Crippen molar-refractivity contribution in [3.05, 3.63) is 47.4 Å². The highest BCUT2D eigenvalue weighted by atomic mass is 16.1. The van der Waals surface area contributed by atoms with Gasteiger partial charge in [-0.1, -0.05) is 12.1 Å². The quantitative estimate of drug-likeness (QED) is 0.894. The maximum atomic E-state index is 12.1. The Morgan fingerprint density at radius 3 is 3.00 bits per heavy atom. The second-order valence-corrected chi connectivity index (χ2v) is 5.46. The minimum atomic E-state index is -0.305. The summed E-state index contributed by atoms with van der Waals surface area (Å²) in [6, 6.07) is 6.32. The standard InChI is InChI=1S/C16H19N5O/c1-21-8-2-3-12-9-11(4-5-13(12)21)10-20-16(22)14-15(17)19-7-6-18-14/h4-7,9H,2-3,8,10H2,1H3,(H2,17,19)(H,20,22). The van der Waals surface area contributed by atoms with Crippen molar-refractivity contribution >= 4 is 17.4 Å². The van der Waals surface area contributed by atoms with Crippen LogP contribution in [0.3, 0.4) is 0 Å². The number of nitrogens with one attached hydrogen (secondary N) is 1. The summed E-state index contributed by atoms with van der Waals surface area (Å²) in [5.74, 6) is -0.160. The minimum absolute atomic E-state index is 0.145. The van der Waals surface area contributed by atoms with Crippen LogP contribution >= 0.6 is 0 Å². The van der Waals surface area contributed by atoms with Crippen LogP contribution in [0.1, 0.15) is 28.0 Å². The number of fused-ring (bicyclic) bond motifs is 1. The van der Waals surface area contributed by atoms with Gasteiger partial charge in [-0.15, -0.1) is 0 Å². The van der Waals surface area contributed by atoms with Gasteiger partial charge in [0.25, 0.3) is 5.91 Å². The van der Waals surface area contributed by atoms with E-state index in [1.54, 1.807) is 0 Å². The zero-order chi connectivity index (χ0) is 15.5. The molecule has 114 valence electrons. The van der Waals surface area contributed by atoms with Crippen molar-refractivity contribution in [1.82, 2.24) is 15.3 Å². The number of carbonyl (C=O) groups excluding carboxylic acids is 1. The van der Waals surface area contributed by atoms with Crippen LogP contribution in [-0.4, -0.2) is 29.5 Å². The van der Waals surface area contributed by atoms with Gasteiger partial charge < -0.3 is 16.0 Å². The Hall–Kier alpha value is -2.63. The van der Waals surface area contributed by atoms with Crippen LogP contribution in [0.15, 0.2) is 30.6 Å². The minimum Gasteiger partial charge on any atom is -0.382 e. The maximum Gasteiger partial charge on any atom is 0.273 e. The number of benzene rings is 1. The fourth-order valence-corrected chi connectivity index (χ4v) is 2.74. The third-order valence-corrected chi connectivity index (χ3v) is 3.89. The van der Waals surface area contributed by atoms with Crippen molar-refractivity contribution in [1.29, 1.82) is 0 Å². The number of nitrogen functional groups attached to an aromatic ring is 1. The van der Waals surface area contributed by atoms with Gasteiger partial charge in [-0.2, -0.15) is 0 Å². The van der Waals surface area contributed by atoms with Crippen molar-refractivity contribution in [3.8, 4) is 0 Å². The number of anilines is 2. The number of hydrogen-bond acceptors (Lipinski definition) is 5. The van der Waals surface area contributed by atoms with Crippen LogP contribution in [0.5, 0.6) is 0 Å². The molecule has 3 rings (SSSR count). The molecule has 2 aromatic rings. The SMILES string of the molecule is CN1CCCc2cc(CNC(=O)c3nccnc3N)ccc21. The predicted molar refractivity (Wildman–Crippen MR) is 85.6 cm³/mol. The summed E-state index contributed by atoms with van der Waals surface area (Å²) in [5.41, 5.74) is 9.51. The molecule has 0 spiro atoms. The molecular formula is C16H19N5O. The van der Waals surface area contributed by atoms with E-state index in [0.717, 1.165) is 24.9 Å². The summed E-state index contributed by atoms with van der Waals surface area (Å²) in [7, 11) is 2.11. The fraction of sp³-hybridized carbons (Fsp3) is 0.312. The first-order valence-corrected chi connectivity index (χ1v) is 7.33. The van der Waals surface area contributed by atoms with Crippen LogP contribution in [0.25, 0.3) is 0 Å². The number of amides is 1. The number of hydrogen-bond donors (Lipinski definition) is 2.